The van der Waals surface area contributed by atoms with Crippen LogP contribution in [0.15, 0.2) is 23.8 Å². The van der Waals surface area contributed by atoms with E-state index in [1.807, 2.05) is 11.3 Å². The first kappa shape index (κ1) is 12.8. The van der Waals surface area contributed by atoms with Gasteiger partial charge < -0.3 is 0 Å². The predicted octanol–water partition coefficient (Wildman–Crippen LogP) is 3.84. The first-order chi connectivity index (χ1) is 8.31. The lowest BCUT2D eigenvalue weighted by atomic mass is 9.94. The molecule has 2 rings (SSSR count). The lowest BCUT2D eigenvalue weighted by Gasteiger charge is -2.20. The van der Waals surface area contributed by atoms with Crippen molar-refractivity contribution >= 4 is 11.3 Å². The van der Waals surface area contributed by atoms with Gasteiger partial charge in [0.1, 0.15) is 0 Å². The highest BCUT2D eigenvalue weighted by molar-refractivity contribution is 7.12. The second-order valence-corrected chi connectivity index (χ2v) is 6.10. The quantitative estimate of drug-likeness (QED) is 0.486. The molecule has 0 saturated heterocycles. The van der Waals surface area contributed by atoms with Gasteiger partial charge in [-0.25, -0.2) is 5.43 Å². The molecule has 0 amide bonds. The van der Waals surface area contributed by atoms with E-state index >= 15 is 0 Å². The van der Waals surface area contributed by atoms with E-state index in [4.69, 9.17) is 5.84 Å². The van der Waals surface area contributed by atoms with Crippen molar-refractivity contribution in [3.63, 3.8) is 0 Å². The van der Waals surface area contributed by atoms with Crippen molar-refractivity contribution in [1.82, 2.24) is 5.43 Å². The second-order valence-electron chi connectivity index (χ2n) is 4.78. The maximum absolute atomic E-state index is 5.75. The summed E-state index contributed by atoms with van der Waals surface area (Å²) in [6.07, 6.45) is 10.2. The summed E-state index contributed by atoms with van der Waals surface area (Å²) in [7, 11) is 0. The summed E-state index contributed by atoms with van der Waals surface area (Å²) in [4.78, 5) is 2.70. The Morgan fingerprint density at radius 3 is 2.76 bits per heavy atom. The molecule has 94 valence electrons. The van der Waals surface area contributed by atoms with Crippen molar-refractivity contribution in [2.75, 3.05) is 0 Å². The average Bonchev–Trinajstić information content (AvgIpc) is 2.68. The fraction of sp³-hybridized carbons (Fsp3) is 0.571. The maximum atomic E-state index is 5.75. The molecule has 1 heterocycles. The number of rotatable bonds is 3. The fourth-order valence-corrected chi connectivity index (χ4v) is 3.44. The number of nitrogens with two attached hydrogens (primary N) is 1. The highest BCUT2D eigenvalue weighted by Gasteiger charge is 2.17. The highest BCUT2D eigenvalue weighted by Crippen LogP contribution is 2.31. The van der Waals surface area contributed by atoms with Crippen LogP contribution in [-0.4, -0.2) is 0 Å². The van der Waals surface area contributed by atoms with Crippen LogP contribution in [0, 0.1) is 6.92 Å². The molecule has 0 aromatic carbocycles. The Bertz CT molecular complexity index is 381. The molecule has 3 heteroatoms. The Morgan fingerprint density at radius 2 is 2.06 bits per heavy atom. The monoisotopic (exact) mass is 250 g/mol. The molecule has 0 bridgehead atoms. The van der Waals surface area contributed by atoms with Gasteiger partial charge >= 0.3 is 0 Å². The van der Waals surface area contributed by atoms with Crippen LogP contribution in [0.5, 0.6) is 0 Å². The third kappa shape index (κ3) is 3.41. The minimum Gasteiger partial charge on any atom is -0.271 e. The molecule has 3 N–H and O–H groups in total. The summed E-state index contributed by atoms with van der Waals surface area (Å²) in [6.45, 7) is 2.15. The summed E-state index contributed by atoms with van der Waals surface area (Å²) in [5.74, 6) is 5.75. The van der Waals surface area contributed by atoms with Crippen LogP contribution >= 0.6 is 11.3 Å². The first-order valence-electron chi connectivity index (χ1n) is 6.52. The number of allylic oxidation sites excluding steroid dienone is 1. The van der Waals surface area contributed by atoms with Crippen LogP contribution in [-0.2, 0) is 0 Å². The minimum atomic E-state index is 0.229. The smallest absolute Gasteiger partial charge is 0.0762 e. The van der Waals surface area contributed by atoms with E-state index in [9.17, 15) is 0 Å². The van der Waals surface area contributed by atoms with E-state index < -0.39 is 0 Å². The molecule has 0 fully saturated rings. The largest absolute Gasteiger partial charge is 0.271 e. The van der Waals surface area contributed by atoms with Crippen molar-refractivity contribution in [2.45, 2.75) is 51.5 Å². The van der Waals surface area contributed by atoms with Gasteiger partial charge in [0, 0.05) is 9.75 Å². The van der Waals surface area contributed by atoms with Crippen LogP contribution in [0.1, 0.15) is 54.3 Å². The van der Waals surface area contributed by atoms with E-state index in [2.05, 4.69) is 30.6 Å². The Hall–Kier alpha value is -0.640. The molecule has 0 saturated carbocycles. The molecule has 1 aromatic heterocycles. The number of thiophene rings is 1. The number of hydrogen-bond acceptors (Lipinski definition) is 3. The molecule has 2 nitrogen and oxygen atoms in total. The van der Waals surface area contributed by atoms with Gasteiger partial charge in [-0.3, -0.25) is 5.84 Å². The molecule has 1 aromatic rings. The third-order valence-electron chi connectivity index (χ3n) is 3.41. The van der Waals surface area contributed by atoms with Gasteiger partial charge in [-0.05, 0) is 44.7 Å². The topological polar surface area (TPSA) is 38.0 Å². The molecule has 0 radical (unpaired) electrons. The summed E-state index contributed by atoms with van der Waals surface area (Å²) >= 11 is 1.84. The van der Waals surface area contributed by atoms with Crippen molar-refractivity contribution in [2.24, 2.45) is 5.84 Å². The Balaban J connectivity index is 2.16. The van der Waals surface area contributed by atoms with Crippen molar-refractivity contribution < 1.29 is 0 Å². The van der Waals surface area contributed by atoms with Crippen molar-refractivity contribution in [3.8, 4) is 0 Å². The standard InChI is InChI=1S/C14H22N2S/c1-11-9-10-13(17-11)14(16-15)12-7-5-3-2-4-6-8-12/h7,9-10,14,16H,2-6,8,15H2,1H3/b12-7+. The lowest BCUT2D eigenvalue weighted by Crippen LogP contribution is -2.29. The van der Waals surface area contributed by atoms with Crippen LogP contribution in [0.4, 0.5) is 0 Å². The fourth-order valence-electron chi connectivity index (χ4n) is 2.46. The molecule has 0 aliphatic heterocycles. The van der Waals surface area contributed by atoms with Crippen LogP contribution in [0.2, 0.25) is 0 Å². The van der Waals surface area contributed by atoms with Crippen molar-refractivity contribution in [1.29, 1.82) is 0 Å². The van der Waals surface area contributed by atoms with Gasteiger partial charge in [0.2, 0.25) is 0 Å². The zero-order valence-electron chi connectivity index (χ0n) is 10.5. The van der Waals surface area contributed by atoms with Gasteiger partial charge in [-0.1, -0.05) is 24.5 Å². The van der Waals surface area contributed by atoms with E-state index in [1.165, 1.54) is 53.9 Å². The SMILES string of the molecule is Cc1ccc(C(NN)/C2=C/CCCCCC2)s1. The maximum Gasteiger partial charge on any atom is 0.0762 e. The lowest BCUT2D eigenvalue weighted by molar-refractivity contribution is 0.560. The Labute approximate surface area is 108 Å². The number of hydrazine groups is 1. The van der Waals surface area contributed by atoms with Crippen LogP contribution in [0.25, 0.3) is 0 Å². The number of hydrogen-bond donors (Lipinski definition) is 2. The van der Waals surface area contributed by atoms with E-state index in [0.717, 1.165) is 0 Å². The Morgan fingerprint density at radius 1 is 1.24 bits per heavy atom. The van der Waals surface area contributed by atoms with Gasteiger partial charge in [-0.15, -0.1) is 11.3 Å². The second kappa shape index (κ2) is 6.34. The summed E-state index contributed by atoms with van der Waals surface area (Å²) in [6, 6.07) is 4.60. The van der Waals surface area contributed by atoms with E-state index in [0.29, 0.717) is 0 Å². The predicted molar refractivity (Wildman–Crippen MR) is 74.9 cm³/mol. The molecule has 17 heavy (non-hydrogen) atoms. The third-order valence-corrected chi connectivity index (χ3v) is 4.47. The van der Waals surface area contributed by atoms with Gasteiger partial charge in [0.05, 0.1) is 6.04 Å². The normalized spacial score (nSPS) is 22.4. The van der Waals surface area contributed by atoms with Gasteiger partial charge in [0.15, 0.2) is 0 Å². The highest BCUT2D eigenvalue weighted by atomic mass is 32.1. The minimum absolute atomic E-state index is 0.229. The molecule has 1 unspecified atom stereocenters. The van der Waals surface area contributed by atoms with Gasteiger partial charge in [-0.2, -0.15) is 0 Å². The average molecular weight is 250 g/mol. The van der Waals surface area contributed by atoms with Crippen molar-refractivity contribution in [3.05, 3.63) is 33.5 Å². The zero-order chi connectivity index (χ0) is 12.1. The zero-order valence-corrected chi connectivity index (χ0v) is 11.4. The molecule has 1 atom stereocenters. The molecule has 0 spiro atoms. The van der Waals surface area contributed by atoms with E-state index in [-0.39, 0.29) is 6.04 Å². The number of aryl methyl sites for hydroxylation is 1. The molecular weight excluding hydrogens is 228 g/mol. The first-order valence-corrected chi connectivity index (χ1v) is 7.34. The van der Waals surface area contributed by atoms with E-state index in [1.54, 1.807) is 0 Å². The van der Waals surface area contributed by atoms with Crippen LogP contribution < -0.4 is 11.3 Å². The Kier molecular flexibility index (Phi) is 4.77. The number of nitrogens with one attached hydrogen (secondary N) is 1. The molecular formula is C14H22N2S. The summed E-state index contributed by atoms with van der Waals surface area (Å²) in [5, 5.41) is 0. The summed E-state index contributed by atoms with van der Waals surface area (Å²) in [5.41, 5.74) is 4.47. The van der Waals surface area contributed by atoms with Gasteiger partial charge in [0.25, 0.3) is 0 Å². The molecule has 1 aliphatic carbocycles. The summed E-state index contributed by atoms with van der Waals surface area (Å²) < 4.78 is 0. The van der Waals surface area contributed by atoms with Crippen LogP contribution in [0.3, 0.4) is 0 Å². The molecule has 1 aliphatic rings.